The summed E-state index contributed by atoms with van der Waals surface area (Å²) in [4.78, 5) is 0.214. The van der Waals surface area contributed by atoms with Gasteiger partial charge in [-0.2, -0.15) is 8.42 Å². The van der Waals surface area contributed by atoms with E-state index in [1.165, 1.54) is 0 Å². The molecule has 0 amide bonds. The van der Waals surface area contributed by atoms with Crippen molar-refractivity contribution in [2.45, 2.75) is 69.5 Å². The van der Waals surface area contributed by atoms with Crippen LogP contribution in [-0.2, 0) is 23.8 Å². The summed E-state index contributed by atoms with van der Waals surface area (Å²) >= 11 is 0. The summed E-state index contributed by atoms with van der Waals surface area (Å²) in [5.74, 6) is -0.459. The molecule has 0 bridgehead atoms. The molecule has 0 atom stereocenters. The molecule has 0 spiro atoms. The van der Waals surface area contributed by atoms with Crippen molar-refractivity contribution in [3.8, 4) is 0 Å². The van der Waals surface area contributed by atoms with Crippen molar-refractivity contribution in [1.29, 1.82) is 0 Å². The van der Waals surface area contributed by atoms with Crippen molar-refractivity contribution in [3.63, 3.8) is 0 Å². The molecule has 2 fully saturated rings. The SMILES string of the molecule is CCCCC1(C2(CCCOS(=O)(=O)c3ccc(C)cc3)CC2)OCCO1. The van der Waals surface area contributed by atoms with Crippen LogP contribution >= 0.6 is 0 Å². The van der Waals surface area contributed by atoms with Gasteiger partial charge in [0.2, 0.25) is 0 Å². The second-order valence-electron chi connectivity index (χ2n) is 7.53. The Balaban J connectivity index is 1.53. The molecule has 146 valence electrons. The molecule has 1 aliphatic heterocycles. The van der Waals surface area contributed by atoms with Crippen molar-refractivity contribution in [2.75, 3.05) is 19.8 Å². The summed E-state index contributed by atoms with van der Waals surface area (Å²) < 4.78 is 41.9. The maximum Gasteiger partial charge on any atom is 0.296 e. The van der Waals surface area contributed by atoms with Crippen LogP contribution in [0, 0.1) is 12.3 Å². The maximum atomic E-state index is 12.3. The third kappa shape index (κ3) is 4.14. The lowest BCUT2D eigenvalue weighted by atomic mass is 9.86. The van der Waals surface area contributed by atoms with Crippen LogP contribution < -0.4 is 0 Å². The van der Waals surface area contributed by atoms with E-state index in [4.69, 9.17) is 13.7 Å². The lowest BCUT2D eigenvalue weighted by Gasteiger charge is -2.36. The molecule has 26 heavy (non-hydrogen) atoms. The summed E-state index contributed by atoms with van der Waals surface area (Å²) in [5, 5.41) is 0. The molecular formula is C20H30O5S. The maximum absolute atomic E-state index is 12.3. The molecule has 5 nitrogen and oxygen atoms in total. The number of rotatable bonds is 10. The Bertz CT molecular complexity index is 685. The van der Waals surface area contributed by atoms with Gasteiger partial charge in [0.1, 0.15) is 0 Å². The second kappa shape index (κ2) is 7.97. The van der Waals surface area contributed by atoms with E-state index >= 15 is 0 Å². The van der Waals surface area contributed by atoms with Gasteiger partial charge in [-0.15, -0.1) is 0 Å². The summed E-state index contributed by atoms with van der Waals surface area (Å²) in [6, 6.07) is 6.74. The fourth-order valence-electron chi connectivity index (χ4n) is 3.90. The van der Waals surface area contributed by atoms with E-state index in [9.17, 15) is 8.42 Å². The van der Waals surface area contributed by atoms with Gasteiger partial charge in [-0.1, -0.05) is 31.0 Å². The fourth-order valence-corrected chi connectivity index (χ4v) is 4.85. The molecule has 2 aliphatic rings. The van der Waals surface area contributed by atoms with E-state index in [0.29, 0.717) is 19.6 Å². The largest absolute Gasteiger partial charge is 0.347 e. The topological polar surface area (TPSA) is 61.8 Å². The lowest BCUT2D eigenvalue weighted by molar-refractivity contribution is -0.214. The monoisotopic (exact) mass is 382 g/mol. The van der Waals surface area contributed by atoms with Crippen molar-refractivity contribution in [3.05, 3.63) is 29.8 Å². The van der Waals surface area contributed by atoms with Crippen LogP contribution in [0.5, 0.6) is 0 Å². The van der Waals surface area contributed by atoms with E-state index in [2.05, 4.69) is 6.92 Å². The standard InChI is InChI=1S/C20H30O5S/c1-3-4-11-20(23-15-16-24-20)19(12-13-19)10-5-14-25-26(21,22)18-8-6-17(2)7-9-18/h6-9H,3-5,10-16H2,1-2H3. The van der Waals surface area contributed by atoms with Gasteiger partial charge in [0.15, 0.2) is 5.79 Å². The molecule has 1 aliphatic carbocycles. The Morgan fingerprint density at radius 2 is 1.69 bits per heavy atom. The smallest absolute Gasteiger partial charge is 0.296 e. The molecule has 1 saturated carbocycles. The first kappa shape index (κ1) is 19.8. The molecule has 6 heteroatoms. The van der Waals surface area contributed by atoms with Crippen molar-refractivity contribution < 1.29 is 22.1 Å². The Morgan fingerprint density at radius 1 is 1.04 bits per heavy atom. The third-order valence-electron chi connectivity index (χ3n) is 5.62. The number of benzene rings is 1. The van der Waals surface area contributed by atoms with Gasteiger partial charge in [-0.3, -0.25) is 4.18 Å². The molecule has 1 aromatic carbocycles. The van der Waals surface area contributed by atoms with Crippen LogP contribution in [0.3, 0.4) is 0 Å². The molecule has 0 N–H and O–H groups in total. The molecule has 0 radical (unpaired) electrons. The van der Waals surface area contributed by atoms with Crippen molar-refractivity contribution >= 4 is 10.1 Å². The summed E-state index contributed by atoms with van der Waals surface area (Å²) in [6.07, 6.45) is 6.85. The van der Waals surface area contributed by atoms with Crippen LogP contribution in [0.4, 0.5) is 0 Å². The van der Waals surface area contributed by atoms with Crippen LogP contribution in [0.2, 0.25) is 0 Å². The van der Waals surface area contributed by atoms with E-state index in [1.54, 1.807) is 24.3 Å². The average molecular weight is 383 g/mol. The second-order valence-corrected chi connectivity index (χ2v) is 9.14. The fraction of sp³-hybridized carbons (Fsp3) is 0.700. The molecule has 0 aromatic heterocycles. The first-order chi connectivity index (χ1) is 12.4. The van der Waals surface area contributed by atoms with E-state index in [-0.39, 0.29) is 16.9 Å². The Hall–Kier alpha value is -0.950. The quantitative estimate of drug-likeness (QED) is 0.448. The first-order valence-electron chi connectivity index (χ1n) is 9.67. The summed E-state index contributed by atoms with van der Waals surface area (Å²) in [5.41, 5.74) is 1.06. The Kier molecular flexibility index (Phi) is 6.07. The van der Waals surface area contributed by atoms with E-state index in [1.807, 2.05) is 6.92 Å². The van der Waals surface area contributed by atoms with Gasteiger partial charge < -0.3 is 9.47 Å². The minimum Gasteiger partial charge on any atom is -0.347 e. The molecule has 1 aromatic rings. The third-order valence-corrected chi connectivity index (χ3v) is 6.95. The van der Waals surface area contributed by atoms with Gasteiger partial charge >= 0.3 is 0 Å². The molecule has 1 heterocycles. The van der Waals surface area contributed by atoms with Gasteiger partial charge in [0.05, 0.1) is 24.7 Å². The lowest BCUT2D eigenvalue weighted by Crippen LogP contribution is -2.41. The summed E-state index contributed by atoms with van der Waals surface area (Å²) in [7, 11) is -3.69. The van der Waals surface area contributed by atoms with E-state index in [0.717, 1.165) is 44.1 Å². The number of unbranched alkanes of at least 4 members (excludes halogenated alkanes) is 1. The molecular weight excluding hydrogens is 352 g/mol. The van der Waals surface area contributed by atoms with Crippen LogP contribution in [0.25, 0.3) is 0 Å². The number of aryl methyl sites for hydroxylation is 1. The van der Waals surface area contributed by atoms with Crippen LogP contribution in [0.15, 0.2) is 29.2 Å². The zero-order valence-corrected chi connectivity index (χ0v) is 16.6. The van der Waals surface area contributed by atoms with Crippen molar-refractivity contribution in [1.82, 2.24) is 0 Å². The Labute approximate surface area is 157 Å². The number of ether oxygens (including phenoxy) is 2. The number of hydrogen-bond donors (Lipinski definition) is 0. The Morgan fingerprint density at radius 3 is 2.27 bits per heavy atom. The zero-order valence-electron chi connectivity index (χ0n) is 15.8. The highest BCUT2D eigenvalue weighted by atomic mass is 32.2. The highest BCUT2D eigenvalue weighted by molar-refractivity contribution is 7.86. The average Bonchev–Trinajstić information content (AvgIpc) is 3.27. The minimum absolute atomic E-state index is 0.0374. The first-order valence-corrected chi connectivity index (χ1v) is 11.1. The van der Waals surface area contributed by atoms with E-state index < -0.39 is 15.9 Å². The predicted molar refractivity (Wildman–Crippen MR) is 99.4 cm³/mol. The van der Waals surface area contributed by atoms with Crippen LogP contribution in [-0.4, -0.2) is 34.0 Å². The minimum atomic E-state index is -3.69. The molecule has 3 rings (SSSR count). The molecule has 1 saturated heterocycles. The zero-order chi connectivity index (χ0) is 18.7. The van der Waals surface area contributed by atoms with Gasteiger partial charge in [-0.25, -0.2) is 0 Å². The van der Waals surface area contributed by atoms with Gasteiger partial charge in [-0.05, 0) is 51.2 Å². The predicted octanol–water partition coefficient (Wildman–Crippen LogP) is 4.19. The van der Waals surface area contributed by atoms with Gasteiger partial charge in [0.25, 0.3) is 10.1 Å². The van der Waals surface area contributed by atoms with Crippen molar-refractivity contribution in [2.24, 2.45) is 5.41 Å². The summed E-state index contributed by atoms with van der Waals surface area (Å²) in [6.45, 7) is 5.61. The highest BCUT2D eigenvalue weighted by Gasteiger charge is 2.61. The molecule has 0 unspecified atom stereocenters. The van der Waals surface area contributed by atoms with Crippen LogP contribution in [0.1, 0.15) is 57.4 Å². The van der Waals surface area contributed by atoms with Gasteiger partial charge in [0, 0.05) is 11.8 Å². The highest BCUT2D eigenvalue weighted by Crippen LogP contribution is 2.62. The normalized spacial score (nSPS) is 21.0. The number of hydrogen-bond acceptors (Lipinski definition) is 5.